The molecule has 1 N–H and O–H groups in total. The number of Topliss-reactive ketones (excluding diaryl/α,β-unsaturated/α-hetero) is 1. The van der Waals surface area contributed by atoms with Gasteiger partial charge in [-0.1, -0.05) is 48.5 Å². The summed E-state index contributed by atoms with van der Waals surface area (Å²) in [6.45, 7) is -0.416. The lowest BCUT2D eigenvalue weighted by Gasteiger charge is -2.08. The van der Waals surface area contributed by atoms with E-state index < -0.39 is 18.5 Å². The van der Waals surface area contributed by atoms with Gasteiger partial charge in [-0.3, -0.25) is 14.4 Å². The summed E-state index contributed by atoms with van der Waals surface area (Å²) in [5.41, 5.74) is 1.10. The van der Waals surface area contributed by atoms with Crippen LogP contribution in [-0.2, 0) is 14.3 Å². The highest BCUT2D eigenvalue weighted by molar-refractivity contribution is 5.97. The van der Waals surface area contributed by atoms with Crippen LogP contribution in [-0.4, -0.2) is 24.3 Å². The van der Waals surface area contributed by atoms with Crippen LogP contribution in [0.25, 0.3) is 0 Å². The predicted octanol–water partition coefficient (Wildman–Crippen LogP) is 4.62. The number of rotatable bonds is 9. The van der Waals surface area contributed by atoms with E-state index >= 15 is 0 Å². The summed E-state index contributed by atoms with van der Waals surface area (Å²) in [5, 5.41) is 2.64. The van der Waals surface area contributed by atoms with E-state index in [0.717, 1.165) is 0 Å². The van der Waals surface area contributed by atoms with Crippen molar-refractivity contribution in [2.75, 3.05) is 11.9 Å². The summed E-state index contributed by atoms with van der Waals surface area (Å²) in [5.74, 6) is 0.144. The van der Waals surface area contributed by atoms with Crippen molar-refractivity contribution >= 4 is 23.3 Å². The molecule has 0 unspecified atom stereocenters. The van der Waals surface area contributed by atoms with Crippen molar-refractivity contribution in [2.45, 2.75) is 12.8 Å². The lowest BCUT2D eigenvalue weighted by Crippen LogP contribution is -2.21. The number of amides is 1. The fraction of sp³-hybridized carbons (Fsp3) is 0.125. The summed E-state index contributed by atoms with van der Waals surface area (Å²) in [6, 6.07) is 24.9. The molecular weight excluding hydrogens is 382 g/mol. The minimum atomic E-state index is -0.596. The Kier molecular flexibility index (Phi) is 7.33. The van der Waals surface area contributed by atoms with Crippen LogP contribution in [0, 0.1) is 0 Å². The van der Waals surface area contributed by atoms with Gasteiger partial charge in [0.2, 0.25) is 0 Å². The lowest BCUT2D eigenvalue weighted by molar-refractivity contribution is -0.147. The summed E-state index contributed by atoms with van der Waals surface area (Å²) in [4.78, 5) is 35.7. The van der Waals surface area contributed by atoms with Crippen LogP contribution in [0.15, 0.2) is 84.9 Å². The molecule has 3 aromatic carbocycles. The number of hydrogen-bond donors (Lipinski definition) is 1. The Bertz CT molecular complexity index is 985. The van der Waals surface area contributed by atoms with Crippen LogP contribution in [0.2, 0.25) is 0 Å². The number of ketones is 1. The highest BCUT2D eigenvalue weighted by Crippen LogP contribution is 2.22. The van der Waals surface area contributed by atoms with Gasteiger partial charge < -0.3 is 14.8 Å². The van der Waals surface area contributed by atoms with Gasteiger partial charge in [0.25, 0.3) is 5.91 Å². The molecule has 0 fully saturated rings. The van der Waals surface area contributed by atoms with Crippen LogP contribution in [0.5, 0.6) is 11.5 Å². The predicted molar refractivity (Wildman–Crippen MR) is 113 cm³/mol. The summed E-state index contributed by atoms with van der Waals surface area (Å²) >= 11 is 0. The third-order valence-corrected chi connectivity index (χ3v) is 4.13. The quantitative estimate of drug-likeness (QED) is 0.416. The molecule has 0 aromatic heterocycles. The SMILES string of the molecule is O=C(COC(=O)CCC(=O)c1ccccc1)Nc1ccc(Oc2ccccc2)cc1. The maximum atomic E-state index is 12.0. The maximum Gasteiger partial charge on any atom is 0.306 e. The number of benzene rings is 3. The fourth-order valence-corrected chi connectivity index (χ4v) is 2.63. The molecule has 152 valence electrons. The minimum absolute atomic E-state index is 0.0351. The molecule has 0 heterocycles. The molecule has 6 nitrogen and oxygen atoms in total. The van der Waals surface area contributed by atoms with Crippen LogP contribution >= 0.6 is 0 Å². The second-order valence-corrected chi connectivity index (χ2v) is 6.44. The molecule has 0 aliphatic rings. The number of para-hydroxylation sites is 1. The molecule has 3 aromatic rings. The molecule has 0 spiro atoms. The first-order valence-electron chi connectivity index (χ1n) is 9.47. The van der Waals surface area contributed by atoms with Crippen molar-refractivity contribution in [3.63, 3.8) is 0 Å². The molecule has 30 heavy (non-hydrogen) atoms. The van der Waals surface area contributed by atoms with E-state index in [1.165, 1.54) is 0 Å². The zero-order valence-corrected chi connectivity index (χ0v) is 16.2. The van der Waals surface area contributed by atoms with Gasteiger partial charge in [0, 0.05) is 17.7 Å². The van der Waals surface area contributed by atoms with Crippen LogP contribution in [0.3, 0.4) is 0 Å². The Morgan fingerprint density at radius 1 is 0.700 bits per heavy atom. The average molecular weight is 403 g/mol. The Morgan fingerprint density at radius 3 is 1.97 bits per heavy atom. The number of anilines is 1. The average Bonchev–Trinajstić information content (AvgIpc) is 2.78. The third kappa shape index (κ3) is 6.60. The number of ether oxygens (including phenoxy) is 2. The van der Waals surface area contributed by atoms with E-state index in [-0.39, 0.29) is 18.6 Å². The Morgan fingerprint density at radius 2 is 1.30 bits per heavy atom. The third-order valence-electron chi connectivity index (χ3n) is 4.13. The van der Waals surface area contributed by atoms with Crippen molar-refractivity contribution in [2.24, 2.45) is 0 Å². The number of hydrogen-bond acceptors (Lipinski definition) is 5. The standard InChI is InChI=1S/C24H21NO5/c26-22(18-7-3-1-4-8-18)15-16-24(28)29-17-23(27)25-19-11-13-21(14-12-19)30-20-9-5-2-6-10-20/h1-14H,15-17H2,(H,25,27). The molecule has 3 rings (SSSR count). The van der Waals surface area contributed by atoms with E-state index in [1.54, 1.807) is 48.5 Å². The van der Waals surface area contributed by atoms with E-state index in [4.69, 9.17) is 9.47 Å². The zero-order valence-electron chi connectivity index (χ0n) is 16.2. The summed E-state index contributed by atoms with van der Waals surface area (Å²) in [7, 11) is 0. The highest BCUT2D eigenvalue weighted by Gasteiger charge is 2.12. The molecular formula is C24H21NO5. The smallest absolute Gasteiger partial charge is 0.306 e. The first kappa shape index (κ1) is 20.8. The Labute approximate surface area is 174 Å². The molecule has 0 atom stereocenters. The number of carbonyl (C=O) groups excluding carboxylic acids is 3. The number of esters is 1. The second-order valence-electron chi connectivity index (χ2n) is 6.44. The van der Waals surface area contributed by atoms with Crippen molar-refractivity contribution in [1.82, 2.24) is 0 Å². The summed E-state index contributed by atoms with van der Waals surface area (Å²) < 4.78 is 10.6. The van der Waals surface area contributed by atoms with Crippen LogP contribution < -0.4 is 10.1 Å². The number of carbonyl (C=O) groups is 3. The molecule has 0 saturated heterocycles. The van der Waals surface area contributed by atoms with Gasteiger partial charge in [-0.25, -0.2) is 0 Å². The van der Waals surface area contributed by atoms with Crippen LogP contribution in [0.4, 0.5) is 5.69 Å². The van der Waals surface area contributed by atoms with Crippen molar-refractivity contribution < 1.29 is 23.9 Å². The van der Waals surface area contributed by atoms with E-state index in [0.29, 0.717) is 22.7 Å². The lowest BCUT2D eigenvalue weighted by atomic mass is 10.1. The topological polar surface area (TPSA) is 81.7 Å². The van der Waals surface area contributed by atoms with E-state index in [9.17, 15) is 14.4 Å². The second kappa shape index (κ2) is 10.6. The first-order chi connectivity index (χ1) is 14.6. The normalized spacial score (nSPS) is 10.1. The molecule has 0 saturated carbocycles. The number of nitrogens with one attached hydrogen (secondary N) is 1. The van der Waals surface area contributed by atoms with Gasteiger partial charge in [-0.05, 0) is 36.4 Å². The fourth-order valence-electron chi connectivity index (χ4n) is 2.63. The molecule has 0 bridgehead atoms. The van der Waals surface area contributed by atoms with E-state index in [1.807, 2.05) is 36.4 Å². The Hall–Kier alpha value is -3.93. The molecule has 0 radical (unpaired) electrons. The molecule has 6 heteroatoms. The van der Waals surface area contributed by atoms with Gasteiger partial charge in [0.05, 0.1) is 6.42 Å². The monoisotopic (exact) mass is 403 g/mol. The van der Waals surface area contributed by atoms with Crippen molar-refractivity contribution in [3.8, 4) is 11.5 Å². The van der Waals surface area contributed by atoms with Gasteiger partial charge >= 0.3 is 5.97 Å². The van der Waals surface area contributed by atoms with Crippen molar-refractivity contribution in [3.05, 3.63) is 90.5 Å². The van der Waals surface area contributed by atoms with E-state index in [2.05, 4.69) is 5.32 Å². The minimum Gasteiger partial charge on any atom is -0.457 e. The Balaban J connectivity index is 1.38. The largest absolute Gasteiger partial charge is 0.457 e. The first-order valence-corrected chi connectivity index (χ1v) is 9.47. The zero-order chi connectivity index (χ0) is 21.2. The maximum absolute atomic E-state index is 12.0. The van der Waals surface area contributed by atoms with Gasteiger partial charge in [-0.2, -0.15) is 0 Å². The van der Waals surface area contributed by atoms with Gasteiger partial charge in [0.15, 0.2) is 12.4 Å². The molecule has 0 aliphatic carbocycles. The van der Waals surface area contributed by atoms with Gasteiger partial charge in [0.1, 0.15) is 11.5 Å². The molecule has 0 aliphatic heterocycles. The van der Waals surface area contributed by atoms with Gasteiger partial charge in [-0.15, -0.1) is 0 Å². The van der Waals surface area contributed by atoms with Crippen LogP contribution in [0.1, 0.15) is 23.2 Å². The molecule has 1 amide bonds. The summed E-state index contributed by atoms with van der Waals surface area (Å²) in [6.07, 6.45) is -0.0418. The highest BCUT2D eigenvalue weighted by atomic mass is 16.5. The van der Waals surface area contributed by atoms with Crippen molar-refractivity contribution in [1.29, 1.82) is 0 Å².